The first-order valence-electron chi connectivity index (χ1n) is 7.47. The summed E-state index contributed by atoms with van der Waals surface area (Å²) in [7, 11) is 1.53. The Bertz CT molecular complexity index is 890. The minimum atomic E-state index is -0.528. The summed E-state index contributed by atoms with van der Waals surface area (Å²) in [5.41, 5.74) is 1.88. The van der Waals surface area contributed by atoms with Crippen LogP contribution < -0.4 is 4.74 Å². The molecule has 3 rings (SSSR count). The average molecular weight is 342 g/mol. The first-order valence-corrected chi connectivity index (χ1v) is 7.47. The molecule has 1 heterocycles. The molecular formula is C18H15FN2O4. The SMILES string of the molecule is COc1cc(C(=O)OCc2nc(-c3ccc(F)cc3)no2)ccc1C. The Morgan fingerprint density at radius 2 is 1.96 bits per heavy atom. The summed E-state index contributed by atoms with van der Waals surface area (Å²) >= 11 is 0. The first kappa shape index (κ1) is 16.6. The highest BCUT2D eigenvalue weighted by molar-refractivity contribution is 5.90. The van der Waals surface area contributed by atoms with Crippen LogP contribution in [0.4, 0.5) is 4.39 Å². The third-order valence-electron chi connectivity index (χ3n) is 3.54. The van der Waals surface area contributed by atoms with Crippen LogP contribution in [0.2, 0.25) is 0 Å². The molecule has 6 nitrogen and oxygen atoms in total. The van der Waals surface area contributed by atoms with Crippen molar-refractivity contribution in [1.29, 1.82) is 0 Å². The number of benzene rings is 2. The van der Waals surface area contributed by atoms with Crippen molar-refractivity contribution >= 4 is 5.97 Å². The number of carbonyl (C=O) groups is 1. The van der Waals surface area contributed by atoms with Gasteiger partial charge in [0.1, 0.15) is 11.6 Å². The second-order valence-corrected chi connectivity index (χ2v) is 5.28. The van der Waals surface area contributed by atoms with Crippen molar-refractivity contribution in [1.82, 2.24) is 10.1 Å². The van der Waals surface area contributed by atoms with Gasteiger partial charge in [0.2, 0.25) is 5.82 Å². The van der Waals surface area contributed by atoms with E-state index in [1.807, 2.05) is 6.92 Å². The number of hydrogen-bond donors (Lipinski definition) is 0. The Morgan fingerprint density at radius 1 is 1.20 bits per heavy atom. The Balaban J connectivity index is 1.66. The standard InChI is InChI=1S/C18H15FN2O4/c1-11-3-4-13(9-15(11)23-2)18(22)24-10-16-20-17(21-25-16)12-5-7-14(19)8-6-12/h3-9H,10H2,1-2H3. The van der Waals surface area contributed by atoms with Crippen LogP contribution in [0.25, 0.3) is 11.4 Å². The minimum Gasteiger partial charge on any atom is -0.496 e. The van der Waals surface area contributed by atoms with Crippen molar-refractivity contribution < 1.29 is 23.2 Å². The van der Waals surface area contributed by atoms with E-state index in [1.165, 1.54) is 31.4 Å². The molecule has 0 saturated carbocycles. The van der Waals surface area contributed by atoms with Crippen LogP contribution >= 0.6 is 0 Å². The predicted octanol–water partition coefficient (Wildman–Crippen LogP) is 3.55. The fraction of sp³-hybridized carbons (Fsp3) is 0.167. The lowest BCUT2D eigenvalue weighted by atomic mass is 10.1. The predicted molar refractivity (Wildman–Crippen MR) is 86.5 cm³/mol. The second kappa shape index (κ2) is 7.12. The number of ether oxygens (including phenoxy) is 2. The summed E-state index contributed by atoms with van der Waals surface area (Å²) < 4.78 is 28.3. The van der Waals surface area contributed by atoms with Gasteiger partial charge >= 0.3 is 5.97 Å². The Hall–Kier alpha value is -3.22. The van der Waals surface area contributed by atoms with Crippen molar-refractivity contribution in [3.8, 4) is 17.1 Å². The summed E-state index contributed by atoms with van der Waals surface area (Å²) in [6.07, 6.45) is 0. The number of methoxy groups -OCH3 is 1. The number of nitrogens with zero attached hydrogens (tertiary/aromatic N) is 2. The van der Waals surface area contributed by atoms with Gasteiger partial charge in [-0.1, -0.05) is 11.2 Å². The maximum atomic E-state index is 12.9. The molecule has 1 aromatic heterocycles. The number of carbonyl (C=O) groups excluding carboxylic acids is 1. The molecule has 0 fully saturated rings. The summed E-state index contributed by atoms with van der Waals surface area (Å²) in [6.45, 7) is 1.71. The van der Waals surface area contributed by atoms with E-state index in [-0.39, 0.29) is 18.3 Å². The smallest absolute Gasteiger partial charge is 0.338 e. The van der Waals surface area contributed by atoms with Crippen molar-refractivity contribution in [2.75, 3.05) is 7.11 Å². The molecule has 3 aromatic rings. The van der Waals surface area contributed by atoms with Gasteiger partial charge in [0, 0.05) is 5.56 Å². The number of rotatable bonds is 5. The lowest BCUT2D eigenvalue weighted by molar-refractivity contribution is 0.0429. The lowest BCUT2D eigenvalue weighted by Gasteiger charge is -2.07. The van der Waals surface area contributed by atoms with Crippen LogP contribution in [0.3, 0.4) is 0 Å². The molecule has 0 amide bonds. The molecule has 0 aliphatic carbocycles. The topological polar surface area (TPSA) is 74.5 Å². The molecule has 0 N–H and O–H groups in total. The van der Waals surface area contributed by atoms with Crippen LogP contribution in [0.1, 0.15) is 21.8 Å². The van der Waals surface area contributed by atoms with Crippen LogP contribution in [0.15, 0.2) is 47.0 Å². The van der Waals surface area contributed by atoms with E-state index in [2.05, 4.69) is 10.1 Å². The highest BCUT2D eigenvalue weighted by atomic mass is 19.1. The van der Waals surface area contributed by atoms with E-state index in [1.54, 1.807) is 18.2 Å². The largest absolute Gasteiger partial charge is 0.496 e. The van der Waals surface area contributed by atoms with E-state index in [4.69, 9.17) is 14.0 Å². The highest BCUT2D eigenvalue weighted by Crippen LogP contribution is 2.20. The molecule has 0 saturated heterocycles. The maximum absolute atomic E-state index is 12.9. The molecule has 0 aliphatic heterocycles. The van der Waals surface area contributed by atoms with E-state index in [0.717, 1.165) is 5.56 Å². The van der Waals surface area contributed by atoms with E-state index in [0.29, 0.717) is 22.7 Å². The fourth-order valence-electron chi connectivity index (χ4n) is 2.19. The van der Waals surface area contributed by atoms with Crippen LogP contribution in [-0.4, -0.2) is 23.2 Å². The summed E-state index contributed by atoms with van der Waals surface area (Å²) in [6, 6.07) is 10.7. The van der Waals surface area contributed by atoms with Crippen molar-refractivity contribution in [2.45, 2.75) is 13.5 Å². The number of aromatic nitrogens is 2. The highest BCUT2D eigenvalue weighted by Gasteiger charge is 2.14. The maximum Gasteiger partial charge on any atom is 0.338 e. The van der Waals surface area contributed by atoms with Crippen molar-refractivity contribution in [3.63, 3.8) is 0 Å². The average Bonchev–Trinajstić information content (AvgIpc) is 3.09. The van der Waals surface area contributed by atoms with Gasteiger partial charge in [0.15, 0.2) is 6.61 Å². The number of hydrogen-bond acceptors (Lipinski definition) is 6. The molecule has 7 heteroatoms. The van der Waals surface area contributed by atoms with E-state index >= 15 is 0 Å². The first-order chi connectivity index (χ1) is 12.1. The summed E-state index contributed by atoms with van der Waals surface area (Å²) in [4.78, 5) is 16.2. The third-order valence-corrected chi connectivity index (χ3v) is 3.54. The monoisotopic (exact) mass is 342 g/mol. The van der Waals surface area contributed by atoms with Gasteiger partial charge in [-0.05, 0) is 48.9 Å². The zero-order chi connectivity index (χ0) is 17.8. The van der Waals surface area contributed by atoms with Crippen LogP contribution in [-0.2, 0) is 11.3 Å². The summed E-state index contributed by atoms with van der Waals surface area (Å²) in [5, 5.41) is 3.79. The van der Waals surface area contributed by atoms with Crippen molar-refractivity contribution in [3.05, 3.63) is 65.3 Å². The Morgan fingerprint density at radius 3 is 2.68 bits per heavy atom. The van der Waals surface area contributed by atoms with Gasteiger partial charge in [-0.2, -0.15) is 4.98 Å². The third kappa shape index (κ3) is 3.82. The Labute approximate surface area is 143 Å². The second-order valence-electron chi connectivity index (χ2n) is 5.28. The van der Waals surface area contributed by atoms with Crippen LogP contribution in [0.5, 0.6) is 5.75 Å². The van der Waals surface area contributed by atoms with Crippen LogP contribution in [0, 0.1) is 12.7 Å². The number of halogens is 1. The molecule has 0 atom stereocenters. The molecule has 0 spiro atoms. The van der Waals surface area contributed by atoms with Gasteiger partial charge in [-0.25, -0.2) is 9.18 Å². The fourth-order valence-corrected chi connectivity index (χ4v) is 2.19. The molecule has 2 aromatic carbocycles. The molecule has 0 unspecified atom stereocenters. The van der Waals surface area contributed by atoms with Gasteiger partial charge in [0.05, 0.1) is 12.7 Å². The minimum absolute atomic E-state index is 0.145. The summed E-state index contributed by atoms with van der Waals surface area (Å²) in [5.74, 6) is 0.162. The normalized spacial score (nSPS) is 10.5. The lowest BCUT2D eigenvalue weighted by Crippen LogP contribution is -2.06. The van der Waals surface area contributed by atoms with Gasteiger partial charge < -0.3 is 14.0 Å². The molecule has 0 bridgehead atoms. The zero-order valence-corrected chi connectivity index (χ0v) is 13.7. The van der Waals surface area contributed by atoms with Crippen molar-refractivity contribution in [2.24, 2.45) is 0 Å². The Kier molecular flexibility index (Phi) is 4.74. The van der Waals surface area contributed by atoms with Gasteiger partial charge in [0.25, 0.3) is 5.89 Å². The van der Waals surface area contributed by atoms with Gasteiger partial charge in [-0.3, -0.25) is 0 Å². The van der Waals surface area contributed by atoms with E-state index in [9.17, 15) is 9.18 Å². The molecule has 128 valence electrons. The molecule has 0 aliphatic rings. The molecular weight excluding hydrogens is 327 g/mol. The number of esters is 1. The number of aryl methyl sites for hydroxylation is 1. The molecule has 0 radical (unpaired) electrons. The van der Waals surface area contributed by atoms with E-state index < -0.39 is 5.97 Å². The zero-order valence-electron chi connectivity index (χ0n) is 13.7. The quantitative estimate of drug-likeness (QED) is 0.660. The molecule has 25 heavy (non-hydrogen) atoms. The van der Waals surface area contributed by atoms with Gasteiger partial charge in [-0.15, -0.1) is 0 Å².